The Bertz CT molecular complexity index is 577. The molecule has 2 fully saturated rings. The van der Waals surface area contributed by atoms with Crippen molar-refractivity contribution in [3.8, 4) is 0 Å². The summed E-state index contributed by atoms with van der Waals surface area (Å²) < 4.78 is 62.6. The highest BCUT2D eigenvalue weighted by atomic mass is 16.8. The van der Waals surface area contributed by atoms with E-state index >= 15 is 0 Å². The van der Waals surface area contributed by atoms with Crippen LogP contribution in [0.4, 0.5) is 0 Å². The number of hydrogen-bond acceptors (Lipinski definition) is 12. The molecule has 12 nitrogen and oxygen atoms in total. The zero-order valence-electron chi connectivity index (χ0n) is 20.6. The molecule has 2 saturated heterocycles. The Morgan fingerprint density at radius 3 is 1.85 bits per heavy atom. The van der Waals surface area contributed by atoms with E-state index < -0.39 is 67.4 Å². The summed E-state index contributed by atoms with van der Waals surface area (Å²) in [5.74, 6) is -0.456. The van der Waals surface area contributed by atoms with Gasteiger partial charge in [0.25, 0.3) is 0 Å². The van der Waals surface area contributed by atoms with E-state index in [4.69, 9.17) is 52.1 Å². The summed E-state index contributed by atoms with van der Waals surface area (Å²) in [6.07, 6.45) is -6.41. The predicted molar refractivity (Wildman–Crippen MR) is 112 cm³/mol. The van der Waals surface area contributed by atoms with E-state index in [1.807, 2.05) is 0 Å². The van der Waals surface area contributed by atoms with Crippen LogP contribution in [0.15, 0.2) is 0 Å². The molecule has 2 aliphatic heterocycles. The monoisotopic (exact) mass is 482 g/mol. The predicted octanol–water partition coefficient (Wildman–Crippen LogP) is -0.248. The Kier molecular flexibility index (Phi) is 11.9. The van der Waals surface area contributed by atoms with Gasteiger partial charge >= 0.3 is 5.97 Å². The van der Waals surface area contributed by atoms with E-state index in [1.165, 1.54) is 35.4 Å². The average molecular weight is 483 g/mol. The van der Waals surface area contributed by atoms with Crippen molar-refractivity contribution in [2.75, 3.05) is 63.0 Å². The molecule has 2 heterocycles. The van der Waals surface area contributed by atoms with Gasteiger partial charge in [0.1, 0.15) is 55.4 Å². The average Bonchev–Trinajstić information content (AvgIpc) is 3.17. The summed E-state index contributed by atoms with van der Waals surface area (Å²) in [5, 5.41) is 0. The minimum absolute atomic E-state index is 0.0813. The molecule has 10 atom stereocenters. The zero-order valence-corrected chi connectivity index (χ0v) is 20.6. The third-order valence-corrected chi connectivity index (χ3v) is 5.86. The number of methoxy groups -OCH3 is 7. The molecule has 12 heteroatoms. The quantitative estimate of drug-likeness (QED) is 0.322. The molecular formula is C21H38O12. The molecule has 0 aromatic rings. The van der Waals surface area contributed by atoms with Crippen molar-refractivity contribution in [3.05, 3.63) is 0 Å². The van der Waals surface area contributed by atoms with E-state index in [-0.39, 0.29) is 13.2 Å². The number of carbonyl (C=O) groups excluding carboxylic acids is 1. The molecule has 0 spiro atoms. The third-order valence-electron chi connectivity index (χ3n) is 5.86. The fourth-order valence-electron chi connectivity index (χ4n) is 4.27. The van der Waals surface area contributed by atoms with Crippen LogP contribution in [0.2, 0.25) is 0 Å². The van der Waals surface area contributed by atoms with Crippen molar-refractivity contribution >= 4 is 5.97 Å². The number of hydrogen-bond donors (Lipinski definition) is 0. The first-order valence-electron chi connectivity index (χ1n) is 10.7. The first kappa shape index (κ1) is 28.3. The molecule has 33 heavy (non-hydrogen) atoms. The Hall–Kier alpha value is -0.930. The lowest BCUT2D eigenvalue weighted by atomic mass is 9.98. The van der Waals surface area contributed by atoms with Gasteiger partial charge in [0, 0.05) is 56.7 Å². The summed E-state index contributed by atoms with van der Waals surface area (Å²) in [6.45, 7) is 1.52. The van der Waals surface area contributed by atoms with Gasteiger partial charge in [-0.3, -0.25) is 4.79 Å². The Morgan fingerprint density at radius 1 is 0.758 bits per heavy atom. The van der Waals surface area contributed by atoms with Crippen LogP contribution in [0.1, 0.15) is 6.92 Å². The maximum Gasteiger partial charge on any atom is 0.302 e. The molecule has 0 aromatic carbocycles. The summed E-state index contributed by atoms with van der Waals surface area (Å²) in [7, 11) is 10.8. The Morgan fingerprint density at radius 2 is 1.36 bits per heavy atom. The van der Waals surface area contributed by atoms with Crippen molar-refractivity contribution in [3.63, 3.8) is 0 Å². The first-order chi connectivity index (χ1) is 15.9. The lowest BCUT2D eigenvalue weighted by molar-refractivity contribution is -0.333. The summed E-state index contributed by atoms with van der Waals surface area (Å²) in [5.41, 5.74) is 0. The number of rotatable bonds is 13. The van der Waals surface area contributed by atoms with Crippen LogP contribution < -0.4 is 0 Å². The molecule has 0 unspecified atom stereocenters. The van der Waals surface area contributed by atoms with Crippen LogP contribution in [0.25, 0.3) is 0 Å². The summed E-state index contributed by atoms with van der Waals surface area (Å²) >= 11 is 0. The Balaban J connectivity index is 2.31. The maximum atomic E-state index is 11.5. The lowest BCUT2D eigenvalue weighted by Gasteiger charge is -2.45. The van der Waals surface area contributed by atoms with Gasteiger partial charge in [-0.25, -0.2) is 0 Å². The molecule has 2 rings (SSSR count). The highest BCUT2D eigenvalue weighted by molar-refractivity contribution is 5.65. The maximum absolute atomic E-state index is 11.5. The van der Waals surface area contributed by atoms with Crippen molar-refractivity contribution < 1.29 is 56.9 Å². The van der Waals surface area contributed by atoms with E-state index in [0.717, 1.165) is 0 Å². The van der Waals surface area contributed by atoms with E-state index in [0.29, 0.717) is 0 Å². The lowest BCUT2D eigenvalue weighted by Crippen LogP contribution is -2.62. The summed E-state index contributed by atoms with van der Waals surface area (Å²) in [4.78, 5) is 11.5. The highest BCUT2D eigenvalue weighted by Gasteiger charge is 2.54. The molecule has 0 amide bonds. The second-order valence-electron chi connectivity index (χ2n) is 7.68. The number of carbonyl (C=O) groups is 1. The van der Waals surface area contributed by atoms with E-state index in [1.54, 1.807) is 21.3 Å². The van der Waals surface area contributed by atoms with Crippen LogP contribution in [0, 0.1) is 0 Å². The highest BCUT2D eigenvalue weighted by Crippen LogP contribution is 2.35. The molecule has 0 aromatic heterocycles. The fraction of sp³-hybridized carbons (Fsp3) is 0.952. The molecule has 0 aliphatic carbocycles. The van der Waals surface area contributed by atoms with Crippen LogP contribution in [-0.2, 0) is 56.9 Å². The van der Waals surface area contributed by atoms with Crippen LogP contribution in [0.5, 0.6) is 0 Å². The topological polar surface area (TPSA) is 119 Å². The second-order valence-corrected chi connectivity index (χ2v) is 7.68. The van der Waals surface area contributed by atoms with Crippen LogP contribution in [-0.4, -0.2) is 130 Å². The molecular weight excluding hydrogens is 444 g/mol. The van der Waals surface area contributed by atoms with Gasteiger partial charge in [-0.05, 0) is 0 Å². The van der Waals surface area contributed by atoms with Crippen LogP contribution in [0.3, 0.4) is 0 Å². The smallest absolute Gasteiger partial charge is 0.302 e. The fourth-order valence-corrected chi connectivity index (χ4v) is 4.27. The van der Waals surface area contributed by atoms with Gasteiger partial charge in [0.2, 0.25) is 0 Å². The van der Waals surface area contributed by atoms with Crippen molar-refractivity contribution in [1.29, 1.82) is 0 Å². The molecule has 0 bridgehead atoms. The summed E-state index contributed by atoms with van der Waals surface area (Å²) in [6, 6.07) is 0. The molecule has 0 saturated carbocycles. The molecule has 2 aliphatic rings. The minimum atomic E-state index is -0.873. The van der Waals surface area contributed by atoms with Crippen LogP contribution >= 0.6 is 0 Å². The zero-order chi connectivity index (χ0) is 24.5. The first-order valence-corrected chi connectivity index (χ1v) is 10.7. The van der Waals surface area contributed by atoms with Crippen molar-refractivity contribution in [2.45, 2.75) is 68.3 Å². The molecule has 0 radical (unpaired) electrons. The number of esters is 1. The van der Waals surface area contributed by atoms with Gasteiger partial charge < -0.3 is 52.1 Å². The third kappa shape index (κ3) is 6.60. The largest absolute Gasteiger partial charge is 0.463 e. The Labute approximate surface area is 194 Å². The molecule has 0 N–H and O–H groups in total. The van der Waals surface area contributed by atoms with Gasteiger partial charge in [-0.15, -0.1) is 0 Å². The van der Waals surface area contributed by atoms with E-state index in [2.05, 4.69) is 0 Å². The SMILES string of the molecule is COC[C@@H](OC)[C@@H]1O[C@H](O[C@H]2[C@H](OC)[C@@H](OC)[C@@H](OC)O[C@@H]2COC(C)=O)[C@@H](OC)[C@H]1OC. The second kappa shape index (κ2) is 13.8. The van der Waals surface area contributed by atoms with Crippen molar-refractivity contribution in [1.82, 2.24) is 0 Å². The normalized spacial score (nSPS) is 37.8. The molecule has 194 valence electrons. The number of ether oxygens (including phenoxy) is 11. The van der Waals surface area contributed by atoms with Crippen molar-refractivity contribution in [2.24, 2.45) is 0 Å². The van der Waals surface area contributed by atoms with Gasteiger partial charge in [0.05, 0.1) is 6.61 Å². The van der Waals surface area contributed by atoms with E-state index in [9.17, 15) is 4.79 Å². The standard InChI is InChI=1S/C21H38O12/c1-11(22)30-10-13-15(17(26-5)18(27-6)20(29-8)31-13)33-21-19(28-7)16(25-4)14(32-21)12(24-3)9-23-2/h12-21H,9-10H2,1-8H3/t12-,13-,14+,15-,16+,17+,18-,19+,20+,21-/m1/s1. The van der Waals surface area contributed by atoms with Gasteiger partial charge in [0.15, 0.2) is 12.6 Å². The van der Waals surface area contributed by atoms with Gasteiger partial charge in [-0.1, -0.05) is 0 Å². The van der Waals surface area contributed by atoms with Gasteiger partial charge in [-0.2, -0.15) is 0 Å². The minimum Gasteiger partial charge on any atom is -0.463 e.